The monoisotopic (exact) mass is 383 g/mol. The van der Waals surface area contributed by atoms with Gasteiger partial charge in [-0.15, -0.1) is 11.8 Å². The molecular weight excluding hydrogens is 362 g/mol. The highest BCUT2D eigenvalue weighted by atomic mass is 35.5. The summed E-state index contributed by atoms with van der Waals surface area (Å²) in [5, 5.41) is 1.78. The van der Waals surface area contributed by atoms with E-state index in [0.717, 1.165) is 49.2 Å². The number of nitrogens with zero attached hydrogens (tertiary/aromatic N) is 3. The van der Waals surface area contributed by atoms with Crippen molar-refractivity contribution < 1.29 is 0 Å². The van der Waals surface area contributed by atoms with Crippen molar-refractivity contribution in [2.45, 2.75) is 11.4 Å². The molecule has 0 N–H and O–H groups in total. The molecule has 0 atom stereocenters. The van der Waals surface area contributed by atoms with E-state index in [1.807, 2.05) is 0 Å². The standard InChI is InChI=1S/C21H22ClN3S/c1-26-19-8-7-16-13-17(21(22)23-20(16)14-19)15-24-9-11-25(12-10-24)18-5-3-2-4-6-18/h2-8,13-14H,9-12,15H2,1H3. The number of halogens is 1. The van der Waals surface area contributed by atoms with Crippen molar-refractivity contribution in [2.75, 3.05) is 37.3 Å². The number of para-hydroxylation sites is 1. The molecule has 5 heteroatoms. The van der Waals surface area contributed by atoms with E-state index in [-0.39, 0.29) is 0 Å². The molecule has 2 aromatic carbocycles. The van der Waals surface area contributed by atoms with Crippen molar-refractivity contribution in [2.24, 2.45) is 0 Å². The number of thioether (sulfide) groups is 1. The highest BCUT2D eigenvalue weighted by molar-refractivity contribution is 7.98. The maximum atomic E-state index is 6.49. The minimum atomic E-state index is 0.626. The summed E-state index contributed by atoms with van der Waals surface area (Å²) in [5.74, 6) is 0. The van der Waals surface area contributed by atoms with Crippen LogP contribution in [0.3, 0.4) is 0 Å². The number of benzene rings is 2. The molecule has 0 amide bonds. The summed E-state index contributed by atoms with van der Waals surface area (Å²) in [6.07, 6.45) is 2.08. The van der Waals surface area contributed by atoms with Crippen LogP contribution in [-0.2, 0) is 6.54 Å². The van der Waals surface area contributed by atoms with Gasteiger partial charge in [0.05, 0.1) is 5.52 Å². The van der Waals surface area contributed by atoms with Gasteiger partial charge in [0.25, 0.3) is 0 Å². The lowest BCUT2D eigenvalue weighted by atomic mass is 10.1. The van der Waals surface area contributed by atoms with Gasteiger partial charge in [0.15, 0.2) is 0 Å². The molecular formula is C21H22ClN3S. The first-order valence-electron chi connectivity index (χ1n) is 8.88. The number of piperazine rings is 1. The zero-order valence-electron chi connectivity index (χ0n) is 14.9. The minimum absolute atomic E-state index is 0.626. The van der Waals surface area contributed by atoms with Crippen molar-refractivity contribution in [3.05, 3.63) is 65.3 Å². The zero-order chi connectivity index (χ0) is 17.9. The van der Waals surface area contributed by atoms with Gasteiger partial charge in [0.2, 0.25) is 0 Å². The highest BCUT2D eigenvalue weighted by Gasteiger charge is 2.18. The van der Waals surface area contributed by atoms with E-state index in [1.165, 1.54) is 10.6 Å². The number of hydrogen-bond donors (Lipinski definition) is 0. The molecule has 0 bridgehead atoms. The number of fused-ring (bicyclic) bond motifs is 1. The zero-order valence-corrected chi connectivity index (χ0v) is 16.4. The number of hydrogen-bond acceptors (Lipinski definition) is 4. The number of aromatic nitrogens is 1. The molecule has 1 aliphatic rings. The van der Waals surface area contributed by atoms with E-state index < -0.39 is 0 Å². The van der Waals surface area contributed by atoms with E-state index in [9.17, 15) is 0 Å². The number of rotatable bonds is 4. The summed E-state index contributed by atoms with van der Waals surface area (Å²) < 4.78 is 0. The average molecular weight is 384 g/mol. The molecule has 1 fully saturated rings. The van der Waals surface area contributed by atoms with E-state index in [4.69, 9.17) is 11.6 Å². The summed E-state index contributed by atoms with van der Waals surface area (Å²) in [4.78, 5) is 10.7. The van der Waals surface area contributed by atoms with Gasteiger partial charge in [-0.25, -0.2) is 4.98 Å². The Morgan fingerprint density at radius 2 is 1.77 bits per heavy atom. The lowest BCUT2D eigenvalue weighted by molar-refractivity contribution is 0.250. The van der Waals surface area contributed by atoms with Gasteiger partial charge in [0.1, 0.15) is 5.15 Å². The van der Waals surface area contributed by atoms with E-state index in [1.54, 1.807) is 11.8 Å². The lowest BCUT2D eigenvalue weighted by Crippen LogP contribution is -2.46. The third-order valence-corrected chi connectivity index (χ3v) is 5.99. The summed E-state index contributed by atoms with van der Waals surface area (Å²) in [6, 6.07) is 19.2. The molecule has 3 aromatic rings. The van der Waals surface area contributed by atoms with E-state index in [2.05, 4.69) is 75.6 Å². The molecule has 3 nitrogen and oxygen atoms in total. The molecule has 0 unspecified atom stereocenters. The fourth-order valence-electron chi connectivity index (χ4n) is 3.45. The molecule has 134 valence electrons. The number of anilines is 1. The lowest BCUT2D eigenvalue weighted by Gasteiger charge is -2.36. The third-order valence-electron chi connectivity index (χ3n) is 4.94. The molecule has 0 radical (unpaired) electrons. The first-order chi connectivity index (χ1) is 12.7. The van der Waals surface area contributed by atoms with Crippen molar-refractivity contribution >= 4 is 40.0 Å². The van der Waals surface area contributed by atoms with Crippen molar-refractivity contribution in [3.63, 3.8) is 0 Å². The molecule has 1 aromatic heterocycles. The van der Waals surface area contributed by atoms with Crippen LogP contribution < -0.4 is 4.90 Å². The van der Waals surface area contributed by atoms with Gasteiger partial charge in [-0.05, 0) is 36.6 Å². The van der Waals surface area contributed by atoms with E-state index >= 15 is 0 Å². The fourth-order valence-corrected chi connectivity index (χ4v) is 4.09. The molecule has 0 spiro atoms. The Labute approximate surface area is 164 Å². The van der Waals surface area contributed by atoms with Crippen LogP contribution in [0.15, 0.2) is 59.5 Å². The molecule has 2 heterocycles. The van der Waals surface area contributed by atoms with Crippen LogP contribution in [0.1, 0.15) is 5.56 Å². The van der Waals surface area contributed by atoms with Crippen LogP contribution in [0.4, 0.5) is 5.69 Å². The Morgan fingerprint density at radius 3 is 2.50 bits per heavy atom. The maximum Gasteiger partial charge on any atom is 0.134 e. The molecule has 4 rings (SSSR count). The predicted molar refractivity (Wildman–Crippen MR) is 112 cm³/mol. The van der Waals surface area contributed by atoms with Gasteiger partial charge in [-0.1, -0.05) is 35.9 Å². The van der Waals surface area contributed by atoms with Gasteiger partial charge in [-0.3, -0.25) is 4.90 Å². The SMILES string of the molecule is CSc1ccc2cc(CN3CCN(c4ccccc4)CC3)c(Cl)nc2c1. The fraction of sp³-hybridized carbons (Fsp3) is 0.286. The first-order valence-corrected chi connectivity index (χ1v) is 10.5. The summed E-state index contributed by atoms with van der Waals surface area (Å²) >= 11 is 8.21. The van der Waals surface area contributed by atoms with Gasteiger partial charge in [-0.2, -0.15) is 0 Å². The van der Waals surface area contributed by atoms with Crippen LogP contribution in [0.5, 0.6) is 0 Å². The largest absolute Gasteiger partial charge is 0.369 e. The Hall–Kier alpha value is -1.75. The molecule has 1 saturated heterocycles. The van der Waals surface area contributed by atoms with Crippen LogP contribution >= 0.6 is 23.4 Å². The number of pyridine rings is 1. The van der Waals surface area contributed by atoms with Crippen LogP contribution in [0.25, 0.3) is 10.9 Å². The Bertz CT molecular complexity index is 892. The topological polar surface area (TPSA) is 19.4 Å². The smallest absolute Gasteiger partial charge is 0.134 e. The Kier molecular flexibility index (Phi) is 5.34. The van der Waals surface area contributed by atoms with Gasteiger partial charge >= 0.3 is 0 Å². The second-order valence-corrected chi connectivity index (χ2v) is 7.83. The summed E-state index contributed by atoms with van der Waals surface area (Å²) in [7, 11) is 0. The van der Waals surface area contributed by atoms with Crippen LogP contribution in [0, 0.1) is 0 Å². The van der Waals surface area contributed by atoms with Crippen LogP contribution in [-0.4, -0.2) is 42.3 Å². The molecule has 0 aliphatic carbocycles. The van der Waals surface area contributed by atoms with Gasteiger partial charge < -0.3 is 4.90 Å². The summed E-state index contributed by atoms with van der Waals surface area (Å²) in [6.45, 7) is 5.01. The molecule has 26 heavy (non-hydrogen) atoms. The first kappa shape index (κ1) is 17.7. The Morgan fingerprint density at radius 1 is 1.00 bits per heavy atom. The van der Waals surface area contributed by atoms with Crippen molar-refractivity contribution in [1.29, 1.82) is 0 Å². The Balaban J connectivity index is 1.45. The third kappa shape index (κ3) is 3.83. The second kappa shape index (κ2) is 7.87. The van der Waals surface area contributed by atoms with Gasteiger partial charge in [0, 0.05) is 54.3 Å². The van der Waals surface area contributed by atoms with Crippen molar-refractivity contribution in [1.82, 2.24) is 9.88 Å². The maximum absolute atomic E-state index is 6.49. The normalized spacial score (nSPS) is 15.5. The van der Waals surface area contributed by atoms with Crippen molar-refractivity contribution in [3.8, 4) is 0 Å². The van der Waals surface area contributed by atoms with E-state index in [0.29, 0.717) is 5.15 Å². The molecule has 1 aliphatic heterocycles. The highest BCUT2D eigenvalue weighted by Crippen LogP contribution is 2.26. The average Bonchev–Trinajstić information content (AvgIpc) is 2.69. The summed E-state index contributed by atoms with van der Waals surface area (Å²) in [5.41, 5.74) is 3.39. The predicted octanol–water partition coefficient (Wildman–Crippen LogP) is 4.93. The van der Waals surface area contributed by atoms with Crippen LogP contribution in [0.2, 0.25) is 5.15 Å². The quantitative estimate of drug-likeness (QED) is 0.469. The molecule has 0 saturated carbocycles. The minimum Gasteiger partial charge on any atom is -0.369 e. The second-order valence-electron chi connectivity index (χ2n) is 6.60.